The van der Waals surface area contributed by atoms with Gasteiger partial charge >= 0.3 is 5.97 Å². The van der Waals surface area contributed by atoms with E-state index in [9.17, 15) is 4.79 Å². The van der Waals surface area contributed by atoms with E-state index < -0.39 is 0 Å². The van der Waals surface area contributed by atoms with Crippen molar-refractivity contribution in [1.29, 1.82) is 0 Å². The molecule has 17 heavy (non-hydrogen) atoms. The molecule has 2 nitrogen and oxygen atoms in total. The molecule has 0 N–H and O–H groups in total. The van der Waals surface area contributed by atoms with Gasteiger partial charge < -0.3 is 4.74 Å². The lowest BCUT2D eigenvalue weighted by Gasteiger charge is -2.15. The van der Waals surface area contributed by atoms with E-state index in [1.54, 1.807) is 0 Å². The summed E-state index contributed by atoms with van der Waals surface area (Å²) in [4.78, 5) is 11.8. The molecular formula is C15H22O2. The Balaban J connectivity index is 2.83. The monoisotopic (exact) mass is 234 g/mol. The third-order valence-electron chi connectivity index (χ3n) is 3.12. The minimum absolute atomic E-state index is 0.106. The van der Waals surface area contributed by atoms with Crippen molar-refractivity contribution in [3.05, 3.63) is 35.4 Å². The van der Waals surface area contributed by atoms with Crippen LogP contribution < -0.4 is 0 Å². The van der Waals surface area contributed by atoms with E-state index in [2.05, 4.69) is 38.1 Å². The van der Waals surface area contributed by atoms with Crippen molar-refractivity contribution < 1.29 is 9.53 Å². The Morgan fingerprint density at radius 2 is 1.88 bits per heavy atom. The second kappa shape index (κ2) is 7.10. The second-order valence-electron chi connectivity index (χ2n) is 4.31. The highest BCUT2D eigenvalue weighted by atomic mass is 16.5. The third kappa shape index (κ3) is 3.88. The van der Waals surface area contributed by atoms with Crippen LogP contribution in [0.2, 0.25) is 0 Å². The summed E-state index contributed by atoms with van der Waals surface area (Å²) in [6, 6.07) is 8.29. The van der Waals surface area contributed by atoms with E-state index in [1.807, 2.05) is 0 Å². The molecule has 0 saturated heterocycles. The molecule has 0 bridgehead atoms. The highest BCUT2D eigenvalue weighted by Gasteiger charge is 2.20. The zero-order valence-corrected chi connectivity index (χ0v) is 11.0. The van der Waals surface area contributed by atoms with Crippen LogP contribution in [0.1, 0.15) is 50.2 Å². The number of hydrogen-bond acceptors (Lipinski definition) is 2. The number of rotatable bonds is 6. The number of methoxy groups -OCH3 is 1. The molecule has 1 aromatic carbocycles. The fraction of sp³-hybridized carbons (Fsp3) is 0.533. The third-order valence-corrected chi connectivity index (χ3v) is 3.12. The predicted molar refractivity (Wildman–Crippen MR) is 70.1 cm³/mol. The fourth-order valence-corrected chi connectivity index (χ4v) is 1.96. The number of carbonyl (C=O) groups excluding carboxylic acids is 1. The van der Waals surface area contributed by atoms with E-state index in [1.165, 1.54) is 12.7 Å². The standard InChI is InChI=1S/C15H22O2/c1-4-6-7-14(15(16)17-3)13-10-8-12(5-2)9-11-13/h8-11,14H,4-7H2,1-3H3. The van der Waals surface area contributed by atoms with Gasteiger partial charge in [0.2, 0.25) is 0 Å². The van der Waals surface area contributed by atoms with Crippen LogP contribution >= 0.6 is 0 Å². The summed E-state index contributed by atoms with van der Waals surface area (Å²) in [6.45, 7) is 4.26. The van der Waals surface area contributed by atoms with Crippen molar-refractivity contribution in [1.82, 2.24) is 0 Å². The summed E-state index contributed by atoms with van der Waals surface area (Å²) in [5.41, 5.74) is 2.37. The molecule has 0 saturated carbocycles. The van der Waals surface area contributed by atoms with E-state index >= 15 is 0 Å². The SMILES string of the molecule is CCCCC(C(=O)OC)c1ccc(CC)cc1. The molecule has 0 fully saturated rings. The number of aryl methyl sites for hydroxylation is 1. The molecule has 0 amide bonds. The minimum Gasteiger partial charge on any atom is -0.469 e. The Bertz CT molecular complexity index is 340. The minimum atomic E-state index is -0.123. The van der Waals surface area contributed by atoms with Gasteiger partial charge in [-0.2, -0.15) is 0 Å². The molecule has 0 radical (unpaired) electrons. The highest BCUT2D eigenvalue weighted by molar-refractivity contribution is 5.78. The van der Waals surface area contributed by atoms with Crippen LogP contribution in [0.15, 0.2) is 24.3 Å². The fourth-order valence-electron chi connectivity index (χ4n) is 1.96. The lowest BCUT2D eigenvalue weighted by molar-refractivity contribution is -0.142. The predicted octanol–water partition coefficient (Wildman–Crippen LogP) is 3.70. The topological polar surface area (TPSA) is 26.3 Å². The Morgan fingerprint density at radius 1 is 1.24 bits per heavy atom. The largest absolute Gasteiger partial charge is 0.469 e. The molecule has 1 unspecified atom stereocenters. The maximum Gasteiger partial charge on any atom is 0.313 e. The van der Waals surface area contributed by atoms with E-state index in [0.29, 0.717) is 0 Å². The summed E-state index contributed by atoms with van der Waals surface area (Å²) >= 11 is 0. The van der Waals surface area contributed by atoms with Crippen molar-refractivity contribution in [3.8, 4) is 0 Å². The smallest absolute Gasteiger partial charge is 0.313 e. The molecule has 2 heteroatoms. The van der Waals surface area contributed by atoms with Crippen molar-refractivity contribution in [3.63, 3.8) is 0 Å². The lowest BCUT2D eigenvalue weighted by Crippen LogP contribution is -2.14. The highest BCUT2D eigenvalue weighted by Crippen LogP contribution is 2.24. The molecule has 1 atom stereocenters. The van der Waals surface area contributed by atoms with Crippen LogP contribution in [-0.2, 0) is 16.0 Å². The number of hydrogen-bond donors (Lipinski definition) is 0. The Labute approximate surface area is 104 Å². The average Bonchev–Trinajstić information content (AvgIpc) is 2.39. The first-order valence-electron chi connectivity index (χ1n) is 6.39. The number of carbonyl (C=O) groups is 1. The van der Waals surface area contributed by atoms with Gasteiger partial charge in [-0.1, -0.05) is 51.0 Å². The zero-order valence-electron chi connectivity index (χ0n) is 11.0. The van der Waals surface area contributed by atoms with Gasteiger partial charge in [0.15, 0.2) is 0 Å². The molecule has 94 valence electrons. The van der Waals surface area contributed by atoms with Crippen molar-refractivity contribution in [2.45, 2.75) is 45.4 Å². The number of benzene rings is 1. The van der Waals surface area contributed by atoms with Crippen molar-refractivity contribution in [2.24, 2.45) is 0 Å². The molecule has 0 aliphatic heterocycles. The summed E-state index contributed by atoms with van der Waals surface area (Å²) < 4.78 is 4.88. The number of unbranched alkanes of at least 4 members (excludes halogenated alkanes) is 1. The first-order valence-corrected chi connectivity index (χ1v) is 6.39. The zero-order chi connectivity index (χ0) is 12.7. The molecule has 1 aromatic rings. The van der Waals surface area contributed by atoms with Gasteiger partial charge in [0.1, 0.15) is 0 Å². The first-order chi connectivity index (χ1) is 8.22. The van der Waals surface area contributed by atoms with Gasteiger partial charge in [-0.15, -0.1) is 0 Å². The van der Waals surface area contributed by atoms with Crippen LogP contribution in [-0.4, -0.2) is 13.1 Å². The summed E-state index contributed by atoms with van der Waals surface area (Å²) in [5, 5.41) is 0. The van der Waals surface area contributed by atoms with Gasteiger partial charge in [-0.3, -0.25) is 4.79 Å². The van der Waals surface area contributed by atoms with E-state index in [-0.39, 0.29) is 11.9 Å². The van der Waals surface area contributed by atoms with E-state index in [4.69, 9.17) is 4.74 Å². The average molecular weight is 234 g/mol. The van der Waals surface area contributed by atoms with Crippen LogP contribution in [0.4, 0.5) is 0 Å². The molecular weight excluding hydrogens is 212 g/mol. The normalized spacial score (nSPS) is 12.2. The van der Waals surface area contributed by atoms with Gasteiger partial charge in [0, 0.05) is 0 Å². The van der Waals surface area contributed by atoms with Gasteiger partial charge in [-0.05, 0) is 24.0 Å². The molecule has 0 heterocycles. The van der Waals surface area contributed by atoms with Crippen molar-refractivity contribution >= 4 is 5.97 Å². The molecule has 1 rings (SSSR count). The van der Waals surface area contributed by atoms with Crippen LogP contribution in [0.25, 0.3) is 0 Å². The van der Waals surface area contributed by atoms with Crippen molar-refractivity contribution in [2.75, 3.05) is 7.11 Å². The molecule has 0 spiro atoms. The van der Waals surface area contributed by atoms with Gasteiger partial charge in [0.05, 0.1) is 13.0 Å². The number of ether oxygens (including phenoxy) is 1. The summed E-state index contributed by atoms with van der Waals surface area (Å²) in [6.07, 6.45) is 4.04. The summed E-state index contributed by atoms with van der Waals surface area (Å²) in [5.74, 6) is -0.228. The second-order valence-corrected chi connectivity index (χ2v) is 4.31. The van der Waals surface area contributed by atoms with Crippen LogP contribution in [0, 0.1) is 0 Å². The molecule has 0 aliphatic rings. The Kier molecular flexibility index (Phi) is 5.75. The van der Waals surface area contributed by atoms with E-state index in [0.717, 1.165) is 31.2 Å². The first kappa shape index (κ1) is 13.8. The Morgan fingerprint density at radius 3 is 2.35 bits per heavy atom. The van der Waals surface area contributed by atoms with Gasteiger partial charge in [0.25, 0.3) is 0 Å². The maximum atomic E-state index is 11.8. The van der Waals surface area contributed by atoms with Crippen LogP contribution in [0.3, 0.4) is 0 Å². The lowest BCUT2D eigenvalue weighted by atomic mass is 9.93. The Hall–Kier alpha value is -1.31. The van der Waals surface area contributed by atoms with Crippen LogP contribution in [0.5, 0.6) is 0 Å². The molecule has 0 aromatic heterocycles. The van der Waals surface area contributed by atoms with Gasteiger partial charge in [-0.25, -0.2) is 0 Å². The quantitative estimate of drug-likeness (QED) is 0.702. The molecule has 0 aliphatic carbocycles. The summed E-state index contributed by atoms with van der Waals surface area (Å²) in [7, 11) is 1.46. The maximum absolute atomic E-state index is 11.8. The number of esters is 1.